The van der Waals surface area contributed by atoms with Crippen LogP contribution in [0.2, 0.25) is 0 Å². The van der Waals surface area contributed by atoms with E-state index < -0.39 is 17.7 Å². The second-order valence-electron chi connectivity index (χ2n) is 11.5. The third kappa shape index (κ3) is 7.40. The monoisotopic (exact) mass is 610 g/mol. The van der Waals surface area contributed by atoms with Crippen LogP contribution in [0.3, 0.4) is 0 Å². The number of nitrogens with zero attached hydrogens (tertiary/aromatic N) is 4. The predicted molar refractivity (Wildman–Crippen MR) is 170 cm³/mol. The Bertz CT molecular complexity index is 1660. The van der Waals surface area contributed by atoms with Crippen LogP contribution in [-0.4, -0.2) is 77.9 Å². The number of carbonyl (C=O) groups excluding carboxylic acids is 4. The molecule has 0 saturated carbocycles. The normalized spacial score (nSPS) is 17.9. The molecule has 3 amide bonds. The van der Waals surface area contributed by atoms with Gasteiger partial charge in [-0.1, -0.05) is 12.1 Å². The van der Waals surface area contributed by atoms with Gasteiger partial charge in [-0.05, 0) is 82.3 Å². The molecule has 3 aromatic rings. The maximum absolute atomic E-state index is 13.9. The number of nitrogens with one attached hydrogen (secondary N) is 2. The van der Waals surface area contributed by atoms with Gasteiger partial charge in [-0.25, -0.2) is 0 Å². The second-order valence-corrected chi connectivity index (χ2v) is 11.5. The van der Waals surface area contributed by atoms with Crippen molar-refractivity contribution in [1.29, 1.82) is 5.26 Å². The number of Topliss-reactive ketones (excluding diaryl/α,β-unsaturated/α-hetero) is 1. The first-order valence-electron chi connectivity index (χ1n) is 15.5. The lowest BCUT2D eigenvalue weighted by Gasteiger charge is -2.25. The number of anilines is 1. The zero-order valence-corrected chi connectivity index (χ0v) is 25.7. The molecule has 11 heteroatoms. The molecular formula is C34H38N6O5. The number of furan rings is 1. The van der Waals surface area contributed by atoms with Crippen molar-refractivity contribution in [1.82, 2.24) is 15.1 Å². The molecule has 5 rings (SSSR count). The zero-order valence-electron chi connectivity index (χ0n) is 25.7. The Morgan fingerprint density at radius 2 is 1.80 bits per heavy atom. The minimum Gasteiger partial charge on any atom is -0.461 e. The maximum atomic E-state index is 13.9. The summed E-state index contributed by atoms with van der Waals surface area (Å²) < 4.78 is 5.69. The first-order valence-corrected chi connectivity index (χ1v) is 15.5. The van der Waals surface area contributed by atoms with Crippen molar-refractivity contribution in [3.8, 4) is 6.07 Å². The van der Waals surface area contributed by atoms with Gasteiger partial charge in [0.2, 0.25) is 11.8 Å². The minimum absolute atomic E-state index is 0.0165. The van der Waals surface area contributed by atoms with Crippen LogP contribution in [0.5, 0.6) is 0 Å². The highest BCUT2D eigenvalue weighted by atomic mass is 16.3. The summed E-state index contributed by atoms with van der Waals surface area (Å²) in [5.74, 6) is -1.90. The average molecular weight is 611 g/mol. The molecule has 1 aromatic heterocycles. The smallest absolute Gasteiger partial charge is 0.251 e. The van der Waals surface area contributed by atoms with Crippen molar-refractivity contribution in [3.63, 3.8) is 0 Å². The summed E-state index contributed by atoms with van der Waals surface area (Å²) in [5, 5.41) is 17.1. The summed E-state index contributed by atoms with van der Waals surface area (Å²) in [6, 6.07) is 14.6. The van der Waals surface area contributed by atoms with Gasteiger partial charge in [0, 0.05) is 48.4 Å². The molecule has 45 heavy (non-hydrogen) atoms. The number of ketones is 1. The van der Waals surface area contributed by atoms with Crippen LogP contribution in [0.25, 0.3) is 11.0 Å². The van der Waals surface area contributed by atoms with E-state index in [9.17, 15) is 24.4 Å². The van der Waals surface area contributed by atoms with Gasteiger partial charge in [0.15, 0.2) is 11.7 Å². The van der Waals surface area contributed by atoms with Crippen LogP contribution in [0, 0.1) is 24.2 Å². The van der Waals surface area contributed by atoms with E-state index in [1.807, 2.05) is 19.1 Å². The first kappa shape index (κ1) is 31.4. The van der Waals surface area contributed by atoms with Crippen LogP contribution in [0.1, 0.15) is 65.5 Å². The second kappa shape index (κ2) is 14.2. The molecule has 2 aromatic carbocycles. The van der Waals surface area contributed by atoms with Gasteiger partial charge < -0.3 is 24.9 Å². The molecule has 234 valence electrons. The predicted octanol–water partition coefficient (Wildman–Crippen LogP) is 4.33. The lowest BCUT2D eigenvalue weighted by Crippen LogP contribution is -2.45. The highest BCUT2D eigenvalue weighted by Crippen LogP contribution is 2.25. The number of hydrogen-bond donors (Lipinski definition) is 2. The molecule has 0 spiro atoms. The molecule has 2 saturated heterocycles. The molecule has 1 unspecified atom stereocenters. The van der Waals surface area contributed by atoms with E-state index in [-0.39, 0.29) is 35.7 Å². The number of likely N-dealkylation sites (tertiary alicyclic amines) is 2. The Labute approximate surface area is 262 Å². The molecular weight excluding hydrogens is 572 g/mol. The number of aryl methyl sites for hydroxylation is 1. The summed E-state index contributed by atoms with van der Waals surface area (Å²) in [4.78, 5) is 61.2. The van der Waals surface area contributed by atoms with E-state index in [2.05, 4.69) is 16.7 Å². The number of carbonyl (C=O) groups is 4. The molecule has 0 radical (unpaired) electrons. The van der Waals surface area contributed by atoms with Crippen molar-refractivity contribution in [3.05, 3.63) is 65.4 Å². The number of fused-ring (bicyclic) bond motifs is 1. The third-order valence-electron chi connectivity index (χ3n) is 8.16. The highest BCUT2D eigenvalue weighted by molar-refractivity contribution is 6.18. The lowest BCUT2D eigenvalue weighted by atomic mass is 9.95. The van der Waals surface area contributed by atoms with Crippen molar-refractivity contribution in [2.24, 2.45) is 10.9 Å². The van der Waals surface area contributed by atoms with Crippen LogP contribution < -0.4 is 10.6 Å². The number of amidine groups is 1. The van der Waals surface area contributed by atoms with Gasteiger partial charge in [0.25, 0.3) is 5.91 Å². The summed E-state index contributed by atoms with van der Waals surface area (Å²) >= 11 is 0. The Balaban J connectivity index is 1.48. The van der Waals surface area contributed by atoms with Gasteiger partial charge in [-0.15, -0.1) is 0 Å². The standard InChI is InChI=1S/C34H38N6O5/c1-3-36-33(43)24-10-8-9-23(18-24)31(42)27(20-35)32(37-26-12-13-29-25(19-26)17-22(2)45-29)38-28-11-4-5-16-40(34(28)44)21-30(41)39-14-6-7-15-39/h8-10,12-13,17-19,27-28H,3-7,11,14-16,21H2,1-2H3,(H,36,43)(H,37,38)/t27?,28-/m0/s1. The molecule has 2 atom stereocenters. The van der Waals surface area contributed by atoms with Gasteiger partial charge in [-0.2, -0.15) is 5.26 Å². The van der Waals surface area contributed by atoms with Gasteiger partial charge in [-0.3, -0.25) is 24.2 Å². The number of hydrogen-bond acceptors (Lipinski definition) is 7. The number of amides is 3. The van der Waals surface area contributed by atoms with Gasteiger partial charge in [0.05, 0.1) is 12.6 Å². The molecule has 2 aliphatic heterocycles. The summed E-state index contributed by atoms with van der Waals surface area (Å²) in [5.41, 5.74) is 1.71. The Morgan fingerprint density at radius 1 is 1.04 bits per heavy atom. The van der Waals surface area contributed by atoms with E-state index in [1.54, 1.807) is 47.1 Å². The third-order valence-corrected chi connectivity index (χ3v) is 8.16. The van der Waals surface area contributed by atoms with Crippen molar-refractivity contribution in [2.45, 2.75) is 52.0 Å². The Hall–Kier alpha value is -4.98. The van der Waals surface area contributed by atoms with Crippen molar-refractivity contribution in [2.75, 3.05) is 38.0 Å². The van der Waals surface area contributed by atoms with Crippen LogP contribution in [0.4, 0.5) is 5.69 Å². The highest BCUT2D eigenvalue weighted by Gasteiger charge is 2.33. The zero-order chi connectivity index (χ0) is 31.9. The minimum atomic E-state index is -1.40. The van der Waals surface area contributed by atoms with Gasteiger partial charge in [0.1, 0.15) is 23.2 Å². The number of aliphatic imine (C=N–C) groups is 1. The molecule has 0 bridgehead atoms. The van der Waals surface area contributed by atoms with E-state index >= 15 is 0 Å². The Morgan fingerprint density at radius 3 is 2.56 bits per heavy atom. The lowest BCUT2D eigenvalue weighted by molar-refractivity contribution is -0.140. The van der Waals surface area contributed by atoms with E-state index in [0.29, 0.717) is 55.9 Å². The van der Waals surface area contributed by atoms with Gasteiger partial charge >= 0.3 is 0 Å². The fraction of sp³-hybridized carbons (Fsp3) is 0.412. The first-order chi connectivity index (χ1) is 21.8. The van der Waals surface area contributed by atoms with Crippen LogP contribution >= 0.6 is 0 Å². The maximum Gasteiger partial charge on any atom is 0.251 e. The quantitative estimate of drug-likeness (QED) is 0.208. The summed E-state index contributed by atoms with van der Waals surface area (Å²) in [6.45, 7) is 5.89. The largest absolute Gasteiger partial charge is 0.461 e. The fourth-order valence-corrected chi connectivity index (χ4v) is 5.83. The van der Waals surface area contributed by atoms with Crippen LogP contribution in [0.15, 0.2) is 57.9 Å². The summed E-state index contributed by atoms with van der Waals surface area (Å²) in [7, 11) is 0. The number of rotatable bonds is 9. The molecule has 3 heterocycles. The Kier molecular flexibility index (Phi) is 9.92. The molecule has 2 fully saturated rings. The fourth-order valence-electron chi connectivity index (χ4n) is 5.83. The van der Waals surface area contributed by atoms with E-state index in [4.69, 9.17) is 9.41 Å². The van der Waals surface area contributed by atoms with Crippen molar-refractivity contribution < 1.29 is 23.6 Å². The topological polar surface area (TPSA) is 148 Å². The number of nitriles is 1. The number of benzene rings is 2. The summed E-state index contributed by atoms with van der Waals surface area (Å²) in [6.07, 6.45) is 3.75. The molecule has 0 aliphatic carbocycles. The molecule has 11 nitrogen and oxygen atoms in total. The van der Waals surface area contributed by atoms with Crippen molar-refractivity contribution >= 4 is 46.0 Å². The van der Waals surface area contributed by atoms with Crippen LogP contribution in [-0.2, 0) is 9.59 Å². The molecule has 2 aliphatic rings. The SMILES string of the molecule is CCNC(=O)c1cccc(C(=O)C(C#N)C(=N[C@H]2CCCCN(CC(=O)N3CCCC3)C2=O)Nc2ccc3oc(C)cc3c2)c1. The average Bonchev–Trinajstić information content (AvgIpc) is 3.67. The molecule has 2 N–H and O–H groups in total. The van der Waals surface area contributed by atoms with E-state index in [0.717, 1.165) is 30.4 Å². The van der Waals surface area contributed by atoms with E-state index in [1.165, 1.54) is 6.07 Å².